The molecule has 0 unspecified atom stereocenters. The number of fused-ring (bicyclic) bond motifs is 1. The number of ether oxygens (including phenoxy) is 1. The van der Waals surface area contributed by atoms with Crippen molar-refractivity contribution in [3.63, 3.8) is 0 Å². The predicted molar refractivity (Wildman–Crippen MR) is 73.0 cm³/mol. The van der Waals surface area contributed by atoms with Gasteiger partial charge < -0.3 is 9.72 Å². The van der Waals surface area contributed by atoms with E-state index in [0.717, 1.165) is 21.5 Å². The molecule has 2 aromatic heterocycles. The molecule has 0 fully saturated rings. The lowest BCUT2D eigenvalue weighted by molar-refractivity contribution is 0.0604. The number of H-pyrrole nitrogens is 1. The molecule has 0 bridgehead atoms. The summed E-state index contributed by atoms with van der Waals surface area (Å²) in [5, 5.41) is 1.96. The summed E-state index contributed by atoms with van der Waals surface area (Å²) in [4.78, 5) is 15.2. The van der Waals surface area contributed by atoms with E-state index >= 15 is 0 Å². The van der Waals surface area contributed by atoms with Crippen molar-refractivity contribution in [1.29, 1.82) is 0 Å². The van der Waals surface area contributed by atoms with Crippen molar-refractivity contribution < 1.29 is 9.53 Å². The molecule has 1 aromatic carbocycles. The Labute approximate surface area is 108 Å². The van der Waals surface area contributed by atoms with Crippen molar-refractivity contribution in [3.05, 3.63) is 47.3 Å². The van der Waals surface area contributed by atoms with Crippen molar-refractivity contribution in [2.24, 2.45) is 0 Å². The Bertz CT molecular complexity index is 697. The van der Waals surface area contributed by atoms with E-state index in [2.05, 4.69) is 4.98 Å². The number of aromatic amines is 1. The fourth-order valence-corrected chi connectivity index (χ4v) is 2.92. The van der Waals surface area contributed by atoms with Crippen LogP contribution >= 0.6 is 11.3 Å². The molecule has 3 nitrogen and oxygen atoms in total. The third-order valence-electron chi connectivity index (χ3n) is 2.85. The van der Waals surface area contributed by atoms with Crippen LogP contribution in [0.3, 0.4) is 0 Å². The number of benzene rings is 1. The molecule has 3 aromatic rings. The van der Waals surface area contributed by atoms with Gasteiger partial charge in [0.1, 0.15) is 5.56 Å². The Balaban J connectivity index is 2.28. The fourth-order valence-electron chi connectivity index (χ4n) is 2.03. The van der Waals surface area contributed by atoms with Gasteiger partial charge in [0.25, 0.3) is 0 Å². The number of hydrogen-bond acceptors (Lipinski definition) is 3. The highest BCUT2D eigenvalue weighted by Gasteiger charge is 2.20. The molecular weight excluding hydrogens is 246 g/mol. The molecule has 0 atom stereocenters. The van der Waals surface area contributed by atoms with Gasteiger partial charge in [-0.3, -0.25) is 0 Å². The van der Waals surface area contributed by atoms with Gasteiger partial charge in [0.2, 0.25) is 0 Å². The van der Waals surface area contributed by atoms with Crippen LogP contribution in [0, 0.1) is 0 Å². The van der Waals surface area contributed by atoms with Gasteiger partial charge >= 0.3 is 5.97 Å². The summed E-state index contributed by atoms with van der Waals surface area (Å²) in [6.07, 6.45) is 0. The second-order valence-corrected chi connectivity index (χ2v) is 4.81. The molecule has 0 aliphatic carbocycles. The Kier molecular flexibility index (Phi) is 2.64. The van der Waals surface area contributed by atoms with E-state index in [9.17, 15) is 4.79 Å². The largest absolute Gasteiger partial charge is 0.465 e. The molecule has 1 N–H and O–H groups in total. The molecule has 0 radical (unpaired) electrons. The summed E-state index contributed by atoms with van der Waals surface area (Å²) in [5.41, 5.74) is 3.40. The molecule has 0 saturated carbocycles. The Morgan fingerprint density at radius 3 is 2.72 bits per heavy atom. The van der Waals surface area contributed by atoms with Gasteiger partial charge in [-0.15, -0.1) is 11.3 Å². The molecule has 90 valence electrons. The summed E-state index contributed by atoms with van der Waals surface area (Å²) in [5.74, 6) is -0.303. The maximum atomic E-state index is 11.9. The minimum atomic E-state index is -0.303. The van der Waals surface area contributed by atoms with E-state index in [1.807, 2.05) is 41.8 Å². The summed E-state index contributed by atoms with van der Waals surface area (Å²) >= 11 is 1.54. The van der Waals surface area contributed by atoms with Crippen molar-refractivity contribution in [2.45, 2.75) is 0 Å². The van der Waals surface area contributed by atoms with Crippen LogP contribution in [0.15, 0.2) is 41.8 Å². The lowest BCUT2D eigenvalue weighted by Crippen LogP contribution is -2.01. The van der Waals surface area contributed by atoms with Crippen LogP contribution in [0.2, 0.25) is 0 Å². The summed E-state index contributed by atoms with van der Waals surface area (Å²) in [6.45, 7) is 0. The average molecular weight is 257 g/mol. The number of hydrogen-bond donors (Lipinski definition) is 1. The molecule has 0 saturated heterocycles. The molecule has 3 rings (SSSR count). The number of methoxy groups -OCH3 is 1. The number of carbonyl (C=O) groups is 1. The zero-order valence-electron chi connectivity index (χ0n) is 9.77. The number of aromatic nitrogens is 1. The van der Waals surface area contributed by atoms with Crippen LogP contribution in [-0.2, 0) is 4.74 Å². The minimum Gasteiger partial charge on any atom is -0.465 e. The SMILES string of the molecule is COC(=O)c1c(-c2ccccc2)[nH]c2ccsc12. The van der Waals surface area contributed by atoms with Crippen LogP contribution in [0.1, 0.15) is 10.4 Å². The van der Waals surface area contributed by atoms with Gasteiger partial charge in [-0.1, -0.05) is 30.3 Å². The summed E-state index contributed by atoms with van der Waals surface area (Å²) < 4.78 is 5.83. The van der Waals surface area contributed by atoms with Gasteiger partial charge in [0.05, 0.1) is 23.0 Å². The van der Waals surface area contributed by atoms with E-state index in [1.54, 1.807) is 11.3 Å². The van der Waals surface area contributed by atoms with E-state index in [4.69, 9.17) is 4.74 Å². The second kappa shape index (κ2) is 4.31. The van der Waals surface area contributed by atoms with Gasteiger partial charge in [0.15, 0.2) is 0 Å². The first kappa shape index (κ1) is 11.0. The third kappa shape index (κ3) is 1.62. The predicted octanol–water partition coefficient (Wildman–Crippen LogP) is 3.68. The van der Waals surface area contributed by atoms with Gasteiger partial charge in [0, 0.05) is 0 Å². The first-order valence-corrected chi connectivity index (χ1v) is 6.42. The monoisotopic (exact) mass is 257 g/mol. The van der Waals surface area contributed by atoms with Crippen LogP contribution in [0.5, 0.6) is 0 Å². The summed E-state index contributed by atoms with van der Waals surface area (Å²) in [7, 11) is 1.41. The molecule has 0 amide bonds. The fraction of sp³-hybridized carbons (Fsp3) is 0.0714. The molecule has 0 aliphatic rings. The maximum absolute atomic E-state index is 11.9. The van der Waals surface area contributed by atoms with Crippen LogP contribution in [0.25, 0.3) is 21.5 Å². The highest BCUT2D eigenvalue weighted by atomic mass is 32.1. The molecule has 4 heteroatoms. The first-order chi connectivity index (χ1) is 8.81. The van der Waals surface area contributed by atoms with Crippen molar-refractivity contribution in [1.82, 2.24) is 4.98 Å². The number of esters is 1. The van der Waals surface area contributed by atoms with E-state index in [0.29, 0.717) is 5.56 Å². The molecular formula is C14H11NO2S. The minimum absolute atomic E-state index is 0.303. The normalized spacial score (nSPS) is 10.7. The Morgan fingerprint density at radius 1 is 1.22 bits per heavy atom. The lowest BCUT2D eigenvalue weighted by Gasteiger charge is -2.02. The zero-order chi connectivity index (χ0) is 12.5. The van der Waals surface area contributed by atoms with E-state index < -0.39 is 0 Å². The summed E-state index contributed by atoms with van der Waals surface area (Å²) in [6, 6.07) is 11.8. The highest BCUT2D eigenvalue weighted by molar-refractivity contribution is 7.17. The van der Waals surface area contributed by atoms with Gasteiger partial charge in [-0.2, -0.15) is 0 Å². The topological polar surface area (TPSA) is 42.1 Å². The van der Waals surface area contributed by atoms with Crippen molar-refractivity contribution in [2.75, 3.05) is 7.11 Å². The Morgan fingerprint density at radius 2 is 2.00 bits per heavy atom. The molecule has 18 heavy (non-hydrogen) atoms. The van der Waals surface area contributed by atoms with Gasteiger partial charge in [-0.25, -0.2) is 4.79 Å². The smallest absolute Gasteiger partial charge is 0.341 e. The van der Waals surface area contributed by atoms with Crippen LogP contribution < -0.4 is 0 Å². The third-order valence-corrected chi connectivity index (χ3v) is 3.79. The number of thiophene rings is 1. The number of carbonyl (C=O) groups excluding carboxylic acids is 1. The lowest BCUT2D eigenvalue weighted by atomic mass is 10.1. The average Bonchev–Trinajstić information content (AvgIpc) is 2.98. The molecule has 0 spiro atoms. The standard InChI is InChI=1S/C14H11NO2S/c1-17-14(16)11-12(9-5-3-2-4-6-9)15-10-7-8-18-13(10)11/h2-8,15H,1H3. The zero-order valence-corrected chi connectivity index (χ0v) is 10.6. The maximum Gasteiger partial charge on any atom is 0.341 e. The highest BCUT2D eigenvalue weighted by Crippen LogP contribution is 2.33. The van der Waals surface area contributed by atoms with Gasteiger partial charge in [-0.05, 0) is 17.0 Å². The Hall–Kier alpha value is -2.07. The van der Waals surface area contributed by atoms with E-state index in [1.165, 1.54) is 7.11 Å². The van der Waals surface area contributed by atoms with Crippen molar-refractivity contribution >= 4 is 27.5 Å². The second-order valence-electron chi connectivity index (χ2n) is 3.90. The van der Waals surface area contributed by atoms with Crippen molar-refractivity contribution in [3.8, 4) is 11.3 Å². The number of rotatable bonds is 2. The molecule has 2 heterocycles. The number of nitrogens with one attached hydrogen (secondary N) is 1. The molecule has 0 aliphatic heterocycles. The quantitative estimate of drug-likeness (QED) is 0.711. The van der Waals surface area contributed by atoms with Crippen LogP contribution in [-0.4, -0.2) is 18.1 Å². The van der Waals surface area contributed by atoms with Crippen LogP contribution in [0.4, 0.5) is 0 Å². The van der Waals surface area contributed by atoms with E-state index in [-0.39, 0.29) is 5.97 Å². The first-order valence-electron chi connectivity index (χ1n) is 5.54.